The number of likely N-dealkylation sites (tertiary alicyclic amines) is 1. The zero-order valence-corrected chi connectivity index (χ0v) is 19.0. The molecule has 1 fully saturated rings. The van der Waals surface area contributed by atoms with Gasteiger partial charge < -0.3 is 14.4 Å². The lowest BCUT2D eigenvalue weighted by molar-refractivity contribution is -0.160. The predicted molar refractivity (Wildman–Crippen MR) is 121 cm³/mol. The minimum absolute atomic E-state index is 0.193. The molecule has 1 saturated heterocycles. The van der Waals surface area contributed by atoms with Crippen molar-refractivity contribution in [3.05, 3.63) is 71.3 Å². The number of amides is 1. The van der Waals surface area contributed by atoms with Gasteiger partial charge in [-0.1, -0.05) is 60.2 Å². The van der Waals surface area contributed by atoms with Gasteiger partial charge >= 0.3 is 12.1 Å². The van der Waals surface area contributed by atoms with Crippen LogP contribution in [-0.2, 0) is 27.3 Å². The van der Waals surface area contributed by atoms with Crippen molar-refractivity contribution in [1.29, 1.82) is 0 Å². The van der Waals surface area contributed by atoms with Crippen molar-refractivity contribution in [3.63, 3.8) is 0 Å². The van der Waals surface area contributed by atoms with Crippen LogP contribution in [0.25, 0.3) is 0 Å². The van der Waals surface area contributed by atoms with Gasteiger partial charge in [-0.2, -0.15) is 0 Å². The van der Waals surface area contributed by atoms with Crippen molar-refractivity contribution in [2.75, 3.05) is 13.1 Å². The summed E-state index contributed by atoms with van der Waals surface area (Å²) in [5.74, 6) is -0.193. The van der Waals surface area contributed by atoms with Gasteiger partial charge in [0.25, 0.3) is 0 Å². The lowest BCUT2D eigenvalue weighted by Gasteiger charge is -2.40. The molecule has 2 aromatic rings. The van der Waals surface area contributed by atoms with Crippen molar-refractivity contribution >= 4 is 12.1 Å². The van der Waals surface area contributed by atoms with Crippen molar-refractivity contribution in [2.24, 2.45) is 5.41 Å². The molecule has 31 heavy (non-hydrogen) atoms. The highest BCUT2D eigenvalue weighted by atomic mass is 16.6. The Morgan fingerprint density at radius 3 is 2.23 bits per heavy atom. The molecule has 0 radical (unpaired) electrons. The second-order valence-corrected chi connectivity index (χ2v) is 9.48. The zero-order valence-electron chi connectivity index (χ0n) is 19.0. The molecular weight excluding hydrogens is 390 g/mol. The van der Waals surface area contributed by atoms with Crippen LogP contribution in [0.4, 0.5) is 4.79 Å². The SMILES string of the molecule is Cc1cccc(CC2(C(=O)OCc3ccccc3)CCN(C(=O)OC(C)(C)C)CC2)c1. The highest BCUT2D eigenvalue weighted by Gasteiger charge is 2.44. The third kappa shape index (κ3) is 6.33. The van der Waals surface area contributed by atoms with Gasteiger partial charge in [-0.3, -0.25) is 4.79 Å². The van der Waals surface area contributed by atoms with Crippen LogP contribution < -0.4 is 0 Å². The normalized spacial score (nSPS) is 15.9. The first-order valence-corrected chi connectivity index (χ1v) is 10.9. The summed E-state index contributed by atoms with van der Waals surface area (Å²) in [7, 11) is 0. The highest BCUT2D eigenvalue weighted by Crippen LogP contribution is 2.37. The fourth-order valence-electron chi connectivity index (χ4n) is 3.99. The number of ether oxygens (including phenoxy) is 2. The molecule has 0 bridgehead atoms. The monoisotopic (exact) mass is 423 g/mol. The number of piperidine rings is 1. The Morgan fingerprint density at radius 1 is 0.968 bits per heavy atom. The van der Waals surface area contributed by atoms with Crippen LogP contribution in [0, 0.1) is 12.3 Å². The van der Waals surface area contributed by atoms with Crippen molar-refractivity contribution in [1.82, 2.24) is 4.90 Å². The van der Waals surface area contributed by atoms with Gasteiger partial charge in [0.2, 0.25) is 0 Å². The van der Waals surface area contributed by atoms with E-state index in [1.807, 2.05) is 57.2 Å². The smallest absolute Gasteiger partial charge is 0.410 e. The summed E-state index contributed by atoms with van der Waals surface area (Å²) >= 11 is 0. The predicted octanol–water partition coefficient (Wildman–Crippen LogP) is 5.30. The van der Waals surface area contributed by atoms with E-state index in [0.717, 1.165) is 16.7 Å². The quantitative estimate of drug-likeness (QED) is 0.613. The molecule has 5 nitrogen and oxygen atoms in total. The number of rotatable bonds is 5. The molecule has 0 saturated carbocycles. The Balaban J connectivity index is 1.74. The second kappa shape index (κ2) is 9.54. The number of aryl methyl sites for hydroxylation is 1. The number of carbonyl (C=O) groups excluding carboxylic acids is 2. The molecule has 1 aliphatic rings. The number of nitrogens with zero attached hydrogens (tertiary/aromatic N) is 1. The molecule has 0 N–H and O–H groups in total. The van der Waals surface area contributed by atoms with Crippen LogP contribution >= 0.6 is 0 Å². The van der Waals surface area contributed by atoms with Gasteiger partial charge in [0, 0.05) is 13.1 Å². The summed E-state index contributed by atoms with van der Waals surface area (Å²) in [6, 6.07) is 18.0. The average molecular weight is 424 g/mol. The van der Waals surface area contributed by atoms with Crippen molar-refractivity contribution in [3.8, 4) is 0 Å². The third-order valence-electron chi connectivity index (χ3n) is 5.64. The van der Waals surface area contributed by atoms with E-state index in [4.69, 9.17) is 9.47 Å². The molecule has 1 heterocycles. The topological polar surface area (TPSA) is 55.8 Å². The Labute approximate surface area is 185 Å². The standard InChI is InChI=1S/C26H33NO4/c1-20-9-8-12-22(17-20)18-26(23(28)30-19-21-10-6-5-7-11-21)13-15-27(16-14-26)24(29)31-25(2,3)4/h5-12,17H,13-16,18-19H2,1-4H3. The molecule has 3 rings (SSSR count). The lowest BCUT2D eigenvalue weighted by Crippen LogP contribution is -2.49. The molecule has 0 aliphatic carbocycles. The van der Waals surface area contributed by atoms with Crippen molar-refractivity contribution in [2.45, 2.75) is 59.2 Å². The largest absolute Gasteiger partial charge is 0.460 e. The van der Waals surface area contributed by atoms with E-state index in [0.29, 0.717) is 32.4 Å². The fourth-order valence-corrected chi connectivity index (χ4v) is 3.99. The Bertz CT molecular complexity index is 893. The van der Waals surface area contributed by atoms with E-state index in [1.54, 1.807) is 4.90 Å². The van der Waals surface area contributed by atoms with Gasteiger partial charge in [0.15, 0.2) is 0 Å². The van der Waals surface area contributed by atoms with Crippen LogP contribution in [0.3, 0.4) is 0 Å². The fraction of sp³-hybridized carbons (Fsp3) is 0.462. The Morgan fingerprint density at radius 2 is 1.61 bits per heavy atom. The van der Waals surface area contributed by atoms with Crippen LogP contribution in [0.5, 0.6) is 0 Å². The number of hydrogen-bond acceptors (Lipinski definition) is 4. The Hall–Kier alpha value is -2.82. The molecule has 0 unspecified atom stereocenters. The van der Waals surface area contributed by atoms with E-state index >= 15 is 0 Å². The van der Waals surface area contributed by atoms with Crippen LogP contribution in [0.15, 0.2) is 54.6 Å². The summed E-state index contributed by atoms with van der Waals surface area (Å²) in [6.45, 7) is 8.83. The minimum Gasteiger partial charge on any atom is -0.460 e. The van der Waals surface area contributed by atoms with E-state index in [1.165, 1.54) is 0 Å². The molecule has 0 spiro atoms. The first kappa shape index (κ1) is 22.9. The average Bonchev–Trinajstić information content (AvgIpc) is 2.72. The van der Waals surface area contributed by atoms with Gasteiger partial charge in [0.05, 0.1) is 5.41 Å². The van der Waals surface area contributed by atoms with Gasteiger partial charge in [-0.25, -0.2) is 4.79 Å². The molecule has 5 heteroatoms. The number of benzene rings is 2. The van der Waals surface area contributed by atoms with E-state index in [2.05, 4.69) is 25.1 Å². The first-order chi connectivity index (χ1) is 14.7. The molecule has 2 aromatic carbocycles. The maximum absolute atomic E-state index is 13.3. The third-order valence-corrected chi connectivity index (χ3v) is 5.64. The highest BCUT2D eigenvalue weighted by molar-refractivity contribution is 5.78. The molecule has 1 amide bonds. The van der Waals surface area contributed by atoms with Crippen LogP contribution in [0.2, 0.25) is 0 Å². The number of carbonyl (C=O) groups is 2. The van der Waals surface area contributed by atoms with E-state index < -0.39 is 11.0 Å². The van der Waals surface area contributed by atoms with Gasteiger partial charge in [-0.15, -0.1) is 0 Å². The van der Waals surface area contributed by atoms with Crippen LogP contribution in [-0.4, -0.2) is 35.7 Å². The number of esters is 1. The molecule has 166 valence electrons. The summed E-state index contributed by atoms with van der Waals surface area (Å²) in [5, 5.41) is 0. The summed E-state index contributed by atoms with van der Waals surface area (Å²) in [6.07, 6.45) is 1.38. The number of hydrogen-bond donors (Lipinski definition) is 0. The van der Waals surface area contributed by atoms with Gasteiger partial charge in [-0.05, 0) is 58.1 Å². The first-order valence-electron chi connectivity index (χ1n) is 10.9. The van der Waals surface area contributed by atoms with Gasteiger partial charge in [0.1, 0.15) is 12.2 Å². The maximum Gasteiger partial charge on any atom is 0.410 e. The zero-order chi connectivity index (χ0) is 22.5. The molecule has 0 atom stereocenters. The van der Waals surface area contributed by atoms with Crippen LogP contribution in [0.1, 0.15) is 50.3 Å². The maximum atomic E-state index is 13.3. The summed E-state index contributed by atoms with van der Waals surface area (Å²) in [4.78, 5) is 27.5. The van der Waals surface area contributed by atoms with E-state index in [9.17, 15) is 9.59 Å². The Kier molecular flexibility index (Phi) is 7.04. The van der Waals surface area contributed by atoms with E-state index in [-0.39, 0.29) is 18.7 Å². The molecule has 0 aromatic heterocycles. The second-order valence-electron chi connectivity index (χ2n) is 9.48. The van der Waals surface area contributed by atoms with Crippen molar-refractivity contribution < 1.29 is 19.1 Å². The lowest BCUT2D eigenvalue weighted by atomic mass is 9.73. The summed E-state index contributed by atoms with van der Waals surface area (Å²) in [5.41, 5.74) is 2.05. The summed E-state index contributed by atoms with van der Waals surface area (Å²) < 4.78 is 11.3. The minimum atomic E-state index is -0.652. The molecular formula is C26H33NO4. The molecule has 1 aliphatic heterocycles.